The second-order valence-corrected chi connectivity index (χ2v) is 7.85. The normalized spacial score (nSPS) is 23.9. The number of halogens is 1. The molecule has 1 aliphatic heterocycles. The first kappa shape index (κ1) is 13.4. The van der Waals surface area contributed by atoms with Crippen LogP contribution in [0.5, 0.6) is 0 Å². The topological polar surface area (TPSA) is 40.5 Å². The van der Waals surface area contributed by atoms with Crippen molar-refractivity contribution in [2.24, 2.45) is 0 Å². The molecule has 1 fully saturated rings. The maximum absolute atomic E-state index is 12.1. The Kier molecular flexibility index (Phi) is 4.18. The molecule has 1 atom stereocenters. The number of aliphatic hydroxyl groups is 1. The van der Waals surface area contributed by atoms with Crippen molar-refractivity contribution in [2.75, 3.05) is 18.6 Å². The summed E-state index contributed by atoms with van der Waals surface area (Å²) in [6, 6.07) is 3.96. The zero-order valence-corrected chi connectivity index (χ0v) is 12.7. The van der Waals surface area contributed by atoms with Crippen molar-refractivity contribution < 1.29 is 9.90 Å². The summed E-state index contributed by atoms with van der Waals surface area (Å²) in [4.78, 5) is 14.9. The number of thioether (sulfide) groups is 1. The Hall–Kier alpha value is -0.0400. The minimum absolute atomic E-state index is 0.160. The Labute approximate surface area is 117 Å². The van der Waals surface area contributed by atoms with Crippen LogP contribution < -0.4 is 0 Å². The van der Waals surface area contributed by atoms with E-state index in [0.717, 1.165) is 14.4 Å². The molecule has 17 heavy (non-hydrogen) atoms. The number of hydrogen-bond donors (Lipinski definition) is 1. The fraction of sp³-hybridized carbons (Fsp3) is 0.545. The van der Waals surface area contributed by atoms with Crippen molar-refractivity contribution >= 4 is 44.9 Å². The molecule has 0 aliphatic carbocycles. The third-order valence-corrected chi connectivity index (χ3v) is 5.55. The van der Waals surface area contributed by atoms with Gasteiger partial charge in [0.1, 0.15) is 0 Å². The lowest BCUT2D eigenvalue weighted by Crippen LogP contribution is -2.47. The molecule has 0 aromatic carbocycles. The lowest BCUT2D eigenvalue weighted by Gasteiger charge is -2.26. The number of amides is 1. The third-order valence-electron chi connectivity index (χ3n) is 2.77. The van der Waals surface area contributed by atoms with E-state index in [1.807, 2.05) is 12.1 Å². The highest BCUT2D eigenvalue weighted by atomic mass is 79.9. The van der Waals surface area contributed by atoms with Gasteiger partial charge >= 0.3 is 0 Å². The lowest BCUT2D eigenvalue weighted by molar-refractivity contribution is -0.147. The quantitative estimate of drug-likeness (QED) is 0.921. The van der Waals surface area contributed by atoms with Gasteiger partial charge in [-0.25, -0.2) is 0 Å². The maximum Gasteiger partial charge on any atom is 0.255 e. The molecule has 1 aromatic rings. The molecule has 0 radical (unpaired) electrons. The molecule has 0 spiro atoms. The van der Waals surface area contributed by atoms with Crippen LogP contribution >= 0.6 is 39.0 Å². The van der Waals surface area contributed by atoms with Crippen LogP contribution in [-0.2, 0) is 11.3 Å². The van der Waals surface area contributed by atoms with Crippen LogP contribution in [0.15, 0.2) is 15.9 Å². The summed E-state index contributed by atoms with van der Waals surface area (Å²) in [5.74, 6) is 1.22. The number of hydrogen-bond acceptors (Lipinski definition) is 4. The smallest absolute Gasteiger partial charge is 0.255 e. The first-order valence-electron chi connectivity index (χ1n) is 5.31. The maximum atomic E-state index is 12.1. The fourth-order valence-corrected chi connectivity index (χ4v) is 4.59. The molecule has 2 rings (SSSR count). The zero-order chi connectivity index (χ0) is 12.5. The second-order valence-electron chi connectivity index (χ2n) is 4.20. The number of rotatable bonds is 3. The molecule has 1 aliphatic rings. The van der Waals surface area contributed by atoms with Gasteiger partial charge in [-0.05, 0) is 40.2 Å². The summed E-state index contributed by atoms with van der Waals surface area (Å²) in [5, 5.41) is 10.2. The van der Waals surface area contributed by atoms with Crippen molar-refractivity contribution in [3.05, 3.63) is 20.8 Å². The SMILES string of the molecule is CN(Cc1ccc(Br)s1)C(=O)C1(O)CCSC1. The average Bonchev–Trinajstić information content (AvgIpc) is 2.88. The number of carbonyl (C=O) groups excluding carboxylic acids is 1. The molecule has 1 saturated heterocycles. The van der Waals surface area contributed by atoms with E-state index in [1.165, 1.54) is 0 Å². The molecule has 0 bridgehead atoms. The van der Waals surface area contributed by atoms with Crippen molar-refractivity contribution in [3.8, 4) is 0 Å². The molecular formula is C11H14BrNO2S2. The van der Waals surface area contributed by atoms with E-state index in [1.54, 1.807) is 35.0 Å². The van der Waals surface area contributed by atoms with Gasteiger partial charge in [0.25, 0.3) is 5.91 Å². The van der Waals surface area contributed by atoms with Crippen molar-refractivity contribution in [2.45, 2.75) is 18.6 Å². The summed E-state index contributed by atoms with van der Waals surface area (Å²) in [7, 11) is 1.75. The van der Waals surface area contributed by atoms with E-state index in [2.05, 4.69) is 15.9 Å². The summed E-state index contributed by atoms with van der Waals surface area (Å²) in [5.41, 5.74) is -1.14. The van der Waals surface area contributed by atoms with Crippen LogP contribution in [-0.4, -0.2) is 40.1 Å². The molecule has 94 valence electrons. The van der Waals surface area contributed by atoms with Gasteiger partial charge in [0, 0.05) is 17.7 Å². The summed E-state index contributed by atoms with van der Waals surface area (Å²) >= 11 is 6.64. The van der Waals surface area contributed by atoms with Gasteiger partial charge in [0.2, 0.25) is 0 Å². The first-order chi connectivity index (χ1) is 8.01. The highest BCUT2D eigenvalue weighted by Gasteiger charge is 2.41. The van der Waals surface area contributed by atoms with E-state index in [9.17, 15) is 9.90 Å². The Morgan fingerprint density at radius 1 is 1.65 bits per heavy atom. The number of thiophene rings is 1. The van der Waals surface area contributed by atoms with Gasteiger partial charge < -0.3 is 10.0 Å². The molecule has 3 nitrogen and oxygen atoms in total. The molecule has 2 heterocycles. The van der Waals surface area contributed by atoms with Gasteiger partial charge in [-0.3, -0.25) is 4.79 Å². The van der Waals surface area contributed by atoms with Gasteiger partial charge in [0.15, 0.2) is 5.60 Å². The largest absolute Gasteiger partial charge is 0.379 e. The minimum atomic E-state index is -1.14. The van der Waals surface area contributed by atoms with Gasteiger partial charge in [-0.2, -0.15) is 11.8 Å². The number of carbonyl (C=O) groups is 1. The summed E-state index contributed by atoms with van der Waals surface area (Å²) < 4.78 is 1.06. The first-order valence-corrected chi connectivity index (χ1v) is 8.07. The number of nitrogens with zero attached hydrogens (tertiary/aromatic N) is 1. The van der Waals surface area contributed by atoms with E-state index in [-0.39, 0.29) is 5.91 Å². The minimum Gasteiger partial charge on any atom is -0.379 e. The van der Waals surface area contributed by atoms with Gasteiger partial charge in [0.05, 0.1) is 10.3 Å². The molecule has 6 heteroatoms. The molecule has 1 aromatic heterocycles. The third kappa shape index (κ3) is 3.05. The highest BCUT2D eigenvalue weighted by Crippen LogP contribution is 2.30. The highest BCUT2D eigenvalue weighted by molar-refractivity contribution is 9.11. The van der Waals surface area contributed by atoms with Crippen molar-refractivity contribution in [1.29, 1.82) is 0 Å². The average molecular weight is 336 g/mol. The molecule has 1 amide bonds. The van der Waals surface area contributed by atoms with E-state index < -0.39 is 5.60 Å². The van der Waals surface area contributed by atoms with Gasteiger partial charge in [-0.15, -0.1) is 11.3 Å². The van der Waals surface area contributed by atoms with Crippen LogP contribution in [0.25, 0.3) is 0 Å². The van der Waals surface area contributed by atoms with Crippen LogP contribution in [0.3, 0.4) is 0 Å². The van der Waals surface area contributed by atoms with Crippen molar-refractivity contribution in [1.82, 2.24) is 4.90 Å². The predicted octanol–water partition coefficient (Wildman–Crippen LogP) is 2.34. The standard InChI is InChI=1S/C11H14BrNO2S2/c1-13(6-8-2-3-9(12)17-8)10(14)11(15)4-5-16-7-11/h2-3,15H,4-7H2,1H3. The van der Waals surface area contributed by atoms with Gasteiger partial charge in [-0.1, -0.05) is 0 Å². The van der Waals surface area contributed by atoms with Crippen LogP contribution in [0.1, 0.15) is 11.3 Å². The monoisotopic (exact) mass is 335 g/mol. The molecule has 0 saturated carbocycles. The van der Waals surface area contributed by atoms with E-state index in [4.69, 9.17) is 0 Å². The molecule has 1 N–H and O–H groups in total. The Balaban J connectivity index is 2.00. The summed E-state index contributed by atoms with van der Waals surface area (Å²) in [6.07, 6.45) is 0.564. The molecule has 1 unspecified atom stereocenters. The van der Waals surface area contributed by atoms with E-state index >= 15 is 0 Å². The lowest BCUT2D eigenvalue weighted by atomic mass is 10.0. The van der Waals surface area contributed by atoms with Crippen LogP contribution in [0, 0.1) is 0 Å². The Morgan fingerprint density at radius 3 is 2.94 bits per heavy atom. The second kappa shape index (κ2) is 5.30. The van der Waals surface area contributed by atoms with Crippen LogP contribution in [0.4, 0.5) is 0 Å². The van der Waals surface area contributed by atoms with Crippen molar-refractivity contribution in [3.63, 3.8) is 0 Å². The Morgan fingerprint density at radius 2 is 2.41 bits per heavy atom. The van der Waals surface area contributed by atoms with Crippen LogP contribution in [0.2, 0.25) is 0 Å². The summed E-state index contributed by atoms with van der Waals surface area (Å²) in [6.45, 7) is 0.558. The number of likely N-dealkylation sites (N-methyl/N-ethyl adjacent to an activating group) is 1. The predicted molar refractivity (Wildman–Crippen MR) is 75.4 cm³/mol. The Bertz CT molecular complexity index is 415. The van der Waals surface area contributed by atoms with E-state index in [0.29, 0.717) is 18.7 Å². The molecular weight excluding hydrogens is 322 g/mol. The fourth-order valence-electron chi connectivity index (χ4n) is 1.82. The zero-order valence-electron chi connectivity index (χ0n) is 9.48.